The zero-order chi connectivity index (χ0) is 13.3. The first-order chi connectivity index (χ1) is 7.57. The lowest BCUT2D eigenvalue weighted by Gasteiger charge is -2.22. The van der Waals surface area contributed by atoms with Crippen LogP contribution >= 0.6 is 0 Å². The van der Waals surface area contributed by atoms with Crippen LogP contribution in [0.5, 0.6) is 0 Å². The van der Waals surface area contributed by atoms with Crippen molar-refractivity contribution in [3.63, 3.8) is 0 Å². The van der Waals surface area contributed by atoms with E-state index in [4.69, 9.17) is 4.74 Å². The average molecular weight is 255 g/mol. The Hall–Kier alpha value is -0.820. The molecule has 0 saturated carbocycles. The summed E-state index contributed by atoms with van der Waals surface area (Å²) in [5, 5.41) is 2.65. The van der Waals surface area contributed by atoms with Gasteiger partial charge < -0.3 is 10.1 Å². The summed E-state index contributed by atoms with van der Waals surface area (Å²) in [6.07, 6.45) is -5.74. The van der Waals surface area contributed by atoms with Crippen LogP contribution in [0.3, 0.4) is 0 Å². The Morgan fingerprint density at radius 3 is 2.35 bits per heavy atom. The fourth-order valence-electron chi connectivity index (χ4n) is 1.53. The molecule has 0 unspecified atom stereocenters. The average Bonchev–Trinajstić information content (AvgIpc) is 2.45. The van der Waals surface area contributed by atoms with Crippen molar-refractivity contribution >= 4 is 5.97 Å². The van der Waals surface area contributed by atoms with E-state index in [1.165, 1.54) is 0 Å². The van der Waals surface area contributed by atoms with E-state index >= 15 is 0 Å². The summed E-state index contributed by atoms with van der Waals surface area (Å²) in [6.45, 7) is 5.08. The van der Waals surface area contributed by atoms with Crippen molar-refractivity contribution in [3.05, 3.63) is 0 Å². The molecule has 4 nitrogen and oxygen atoms in total. The van der Waals surface area contributed by atoms with E-state index in [9.17, 15) is 18.0 Å². The SMILES string of the molecule is CC(C)(C)OC(=O)[C@@H]1C[C@H](OC(F)(F)F)CN1. The van der Waals surface area contributed by atoms with Gasteiger partial charge in [0.15, 0.2) is 0 Å². The maximum absolute atomic E-state index is 11.9. The quantitative estimate of drug-likeness (QED) is 0.761. The van der Waals surface area contributed by atoms with Gasteiger partial charge in [0, 0.05) is 13.0 Å². The number of alkyl halides is 3. The molecule has 0 radical (unpaired) electrons. The third kappa shape index (κ3) is 5.36. The summed E-state index contributed by atoms with van der Waals surface area (Å²) in [5.74, 6) is -0.550. The third-order valence-corrected chi connectivity index (χ3v) is 2.08. The second-order valence-electron chi connectivity index (χ2n) is 4.92. The molecule has 0 aromatic rings. The molecule has 0 aromatic carbocycles. The van der Waals surface area contributed by atoms with Crippen LogP contribution in [-0.4, -0.2) is 36.6 Å². The third-order valence-electron chi connectivity index (χ3n) is 2.08. The molecule has 100 valence electrons. The van der Waals surface area contributed by atoms with Crippen LogP contribution in [0.25, 0.3) is 0 Å². The zero-order valence-corrected chi connectivity index (χ0v) is 9.93. The number of hydrogen-bond donors (Lipinski definition) is 1. The lowest BCUT2D eigenvalue weighted by Crippen LogP contribution is -2.37. The Labute approximate surface area is 97.5 Å². The Bertz CT molecular complexity index is 286. The number of ether oxygens (including phenoxy) is 2. The first kappa shape index (κ1) is 14.2. The molecule has 0 aromatic heterocycles. The smallest absolute Gasteiger partial charge is 0.459 e. The number of rotatable bonds is 2. The summed E-state index contributed by atoms with van der Waals surface area (Å²) in [4.78, 5) is 11.6. The van der Waals surface area contributed by atoms with Crippen LogP contribution in [-0.2, 0) is 14.3 Å². The van der Waals surface area contributed by atoms with E-state index in [1.54, 1.807) is 20.8 Å². The van der Waals surface area contributed by atoms with Gasteiger partial charge in [-0.2, -0.15) is 0 Å². The lowest BCUT2D eigenvalue weighted by atomic mass is 10.1. The fourth-order valence-corrected chi connectivity index (χ4v) is 1.53. The number of carbonyl (C=O) groups excluding carboxylic acids is 1. The second-order valence-corrected chi connectivity index (χ2v) is 4.92. The highest BCUT2D eigenvalue weighted by molar-refractivity contribution is 5.76. The molecule has 7 heteroatoms. The fraction of sp³-hybridized carbons (Fsp3) is 0.900. The van der Waals surface area contributed by atoms with E-state index in [0.717, 1.165) is 0 Å². The second kappa shape index (κ2) is 4.81. The number of esters is 1. The Morgan fingerprint density at radius 1 is 1.29 bits per heavy atom. The van der Waals surface area contributed by atoms with Crippen molar-refractivity contribution in [2.45, 2.75) is 51.3 Å². The summed E-state index contributed by atoms with van der Waals surface area (Å²) in [5.41, 5.74) is -0.651. The van der Waals surface area contributed by atoms with Gasteiger partial charge in [0.25, 0.3) is 0 Å². The molecular formula is C10H16F3NO3. The van der Waals surface area contributed by atoms with Crippen molar-refractivity contribution in [2.24, 2.45) is 0 Å². The molecule has 1 fully saturated rings. The van der Waals surface area contributed by atoms with Gasteiger partial charge in [0.05, 0.1) is 6.10 Å². The van der Waals surface area contributed by atoms with E-state index in [1.807, 2.05) is 0 Å². The largest absolute Gasteiger partial charge is 0.522 e. The molecule has 17 heavy (non-hydrogen) atoms. The first-order valence-electron chi connectivity index (χ1n) is 5.27. The van der Waals surface area contributed by atoms with Crippen molar-refractivity contribution in [3.8, 4) is 0 Å². The molecular weight excluding hydrogens is 239 g/mol. The number of hydrogen-bond acceptors (Lipinski definition) is 4. The van der Waals surface area contributed by atoms with Crippen molar-refractivity contribution in [2.75, 3.05) is 6.54 Å². The Kier molecular flexibility index (Phi) is 4.03. The minimum absolute atomic E-state index is 0.0105. The van der Waals surface area contributed by atoms with E-state index < -0.39 is 30.1 Å². The van der Waals surface area contributed by atoms with E-state index in [2.05, 4.69) is 10.1 Å². The highest BCUT2D eigenvalue weighted by Gasteiger charge is 2.40. The molecule has 1 rings (SSSR count). The predicted molar refractivity (Wildman–Crippen MR) is 53.2 cm³/mol. The highest BCUT2D eigenvalue weighted by Crippen LogP contribution is 2.24. The van der Waals surface area contributed by atoms with Gasteiger partial charge in [-0.3, -0.25) is 9.53 Å². The molecule has 1 saturated heterocycles. The Morgan fingerprint density at radius 2 is 1.88 bits per heavy atom. The molecule has 1 aliphatic rings. The predicted octanol–water partition coefficient (Wildman–Crippen LogP) is 1.59. The molecule has 1 heterocycles. The molecule has 1 N–H and O–H groups in total. The van der Waals surface area contributed by atoms with Crippen molar-refractivity contribution in [1.29, 1.82) is 0 Å². The molecule has 0 spiro atoms. The van der Waals surface area contributed by atoms with Gasteiger partial charge in [-0.15, -0.1) is 13.2 Å². The monoisotopic (exact) mass is 255 g/mol. The van der Waals surface area contributed by atoms with Gasteiger partial charge in [-0.25, -0.2) is 0 Å². The van der Waals surface area contributed by atoms with Crippen molar-refractivity contribution in [1.82, 2.24) is 5.32 Å². The van der Waals surface area contributed by atoms with Gasteiger partial charge in [0.2, 0.25) is 0 Å². The van der Waals surface area contributed by atoms with Gasteiger partial charge >= 0.3 is 12.3 Å². The van der Waals surface area contributed by atoms with E-state index in [0.29, 0.717) is 0 Å². The highest BCUT2D eigenvalue weighted by atomic mass is 19.4. The van der Waals surface area contributed by atoms with Crippen LogP contribution in [0.4, 0.5) is 13.2 Å². The Balaban J connectivity index is 2.43. The summed E-state index contributed by atoms with van der Waals surface area (Å²) in [6, 6.07) is -0.735. The standard InChI is InChI=1S/C10H16F3NO3/c1-9(2,3)17-8(15)7-4-6(5-14-7)16-10(11,12)13/h6-7,14H,4-5H2,1-3H3/t6-,7-/m0/s1. The van der Waals surface area contributed by atoms with Crippen LogP contribution in [0.15, 0.2) is 0 Å². The molecule has 0 aliphatic carbocycles. The maximum Gasteiger partial charge on any atom is 0.522 e. The van der Waals surface area contributed by atoms with Crippen LogP contribution in [0, 0.1) is 0 Å². The molecule has 1 aliphatic heterocycles. The van der Waals surface area contributed by atoms with Gasteiger partial charge in [0.1, 0.15) is 11.6 Å². The van der Waals surface area contributed by atoms with Gasteiger partial charge in [-0.05, 0) is 20.8 Å². The summed E-state index contributed by atoms with van der Waals surface area (Å²) in [7, 11) is 0. The van der Waals surface area contributed by atoms with E-state index in [-0.39, 0.29) is 13.0 Å². The van der Waals surface area contributed by atoms with Crippen LogP contribution in [0.2, 0.25) is 0 Å². The van der Waals surface area contributed by atoms with Crippen LogP contribution < -0.4 is 5.32 Å². The topological polar surface area (TPSA) is 47.6 Å². The molecule has 0 amide bonds. The summed E-state index contributed by atoms with van der Waals surface area (Å²) < 4.78 is 44.7. The number of nitrogens with one attached hydrogen (secondary N) is 1. The van der Waals surface area contributed by atoms with Crippen LogP contribution in [0.1, 0.15) is 27.2 Å². The minimum Gasteiger partial charge on any atom is -0.459 e. The van der Waals surface area contributed by atoms with Crippen molar-refractivity contribution < 1.29 is 27.4 Å². The normalized spacial score (nSPS) is 26.0. The summed E-state index contributed by atoms with van der Waals surface area (Å²) >= 11 is 0. The molecule has 2 atom stereocenters. The lowest BCUT2D eigenvalue weighted by molar-refractivity contribution is -0.340. The number of carbonyl (C=O) groups is 1. The minimum atomic E-state index is -4.67. The first-order valence-corrected chi connectivity index (χ1v) is 5.27. The number of halogens is 3. The maximum atomic E-state index is 11.9. The zero-order valence-electron chi connectivity index (χ0n) is 9.93. The van der Waals surface area contributed by atoms with Gasteiger partial charge in [-0.1, -0.05) is 0 Å². The molecule has 0 bridgehead atoms.